The van der Waals surface area contributed by atoms with Gasteiger partial charge in [-0.25, -0.2) is 0 Å². The Bertz CT molecular complexity index is 956. The largest absolute Gasteiger partial charge is 0.278 e. The Morgan fingerprint density at radius 1 is 1.07 bits per heavy atom. The van der Waals surface area contributed by atoms with E-state index in [2.05, 4.69) is 34.6 Å². The summed E-state index contributed by atoms with van der Waals surface area (Å²) in [6, 6.07) is 16.0. The first-order valence-electron chi connectivity index (χ1n) is 9.34. The minimum Gasteiger partial charge on any atom is -0.278 e. The standard InChI is InChI=1S/C21H22ClN5/c1-16-8-7-10-18(14-16)27-20(24-25-26-27)21(12-5-2-6-13-21)23-15-17-9-3-4-11-19(17)22/h3-4,7-11,14-15H,2,5-6,12-13H2,1H3. The minimum atomic E-state index is -0.426. The molecule has 1 fully saturated rings. The van der Waals surface area contributed by atoms with Gasteiger partial charge in [0.15, 0.2) is 5.82 Å². The fraction of sp³-hybridized carbons (Fsp3) is 0.333. The molecule has 0 spiro atoms. The first-order valence-corrected chi connectivity index (χ1v) is 9.71. The van der Waals surface area contributed by atoms with Gasteiger partial charge in [0.05, 0.1) is 5.69 Å². The first kappa shape index (κ1) is 17.9. The molecule has 0 unspecified atom stereocenters. The molecule has 2 aromatic carbocycles. The molecule has 0 N–H and O–H groups in total. The van der Waals surface area contributed by atoms with E-state index >= 15 is 0 Å². The van der Waals surface area contributed by atoms with Gasteiger partial charge in [0.25, 0.3) is 0 Å². The number of tetrazole rings is 1. The Labute approximate surface area is 164 Å². The number of hydrogen-bond donors (Lipinski definition) is 0. The van der Waals surface area contributed by atoms with E-state index in [9.17, 15) is 0 Å². The third kappa shape index (κ3) is 3.65. The quantitative estimate of drug-likeness (QED) is 0.605. The van der Waals surface area contributed by atoms with Gasteiger partial charge in [-0.3, -0.25) is 4.99 Å². The van der Waals surface area contributed by atoms with Crippen molar-refractivity contribution in [1.29, 1.82) is 0 Å². The van der Waals surface area contributed by atoms with E-state index in [4.69, 9.17) is 16.6 Å². The highest BCUT2D eigenvalue weighted by molar-refractivity contribution is 6.33. The molecule has 0 atom stereocenters. The summed E-state index contributed by atoms with van der Waals surface area (Å²) in [6.07, 6.45) is 7.18. The van der Waals surface area contributed by atoms with Crippen molar-refractivity contribution in [2.24, 2.45) is 4.99 Å². The molecule has 3 aromatic rings. The molecule has 0 aliphatic heterocycles. The van der Waals surface area contributed by atoms with Crippen LogP contribution >= 0.6 is 11.6 Å². The molecule has 138 valence electrons. The highest BCUT2D eigenvalue weighted by Gasteiger charge is 2.38. The molecule has 6 heteroatoms. The maximum Gasteiger partial charge on any atom is 0.184 e. The minimum absolute atomic E-state index is 0.426. The third-order valence-electron chi connectivity index (χ3n) is 5.17. The summed E-state index contributed by atoms with van der Waals surface area (Å²) in [5.74, 6) is 0.802. The molecular weight excluding hydrogens is 358 g/mol. The zero-order chi connectivity index (χ0) is 18.7. The van der Waals surface area contributed by atoms with Crippen molar-refractivity contribution in [2.45, 2.75) is 44.6 Å². The molecule has 1 aliphatic carbocycles. The molecule has 1 aliphatic rings. The summed E-state index contributed by atoms with van der Waals surface area (Å²) in [5, 5.41) is 13.4. The van der Waals surface area contributed by atoms with Crippen LogP contribution in [-0.4, -0.2) is 26.4 Å². The van der Waals surface area contributed by atoms with E-state index in [1.165, 1.54) is 12.0 Å². The summed E-state index contributed by atoms with van der Waals surface area (Å²) in [5.41, 5.74) is 2.63. The fourth-order valence-corrected chi connectivity index (χ4v) is 3.92. The molecular formula is C21H22ClN5. The van der Waals surface area contributed by atoms with Crippen molar-refractivity contribution in [1.82, 2.24) is 20.2 Å². The fourth-order valence-electron chi connectivity index (χ4n) is 3.73. The molecule has 1 saturated carbocycles. The van der Waals surface area contributed by atoms with Crippen molar-refractivity contribution in [3.63, 3.8) is 0 Å². The van der Waals surface area contributed by atoms with Crippen LogP contribution in [-0.2, 0) is 5.54 Å². The van der Waals surface area contributed by atoms with Crippen LogP contribution in [0.15, 0.2) is 53.5 Å². The van der Waals surface area contributed by atoms with Gasteiger partial charge >= 0.3 is 0 Å². The Morgan fingerprint density at radius 3 is 2.67 bits per heavy atom. The molecule has 1 heterocycles. The van der Waals surface area contributed by atoms with Crippen LogP contribution in [0.1, 0.15) is 49.1 Å². The average molecular weight is 380 g/mol. The van der Waals surface area contributed by atoms with Crippen molar-refractivity contribution in [3.05, 3.63) is 70.5 Å². The van der Waals surface area contributed by atoms with Crippen molar-refractivity contribution in [2.75, 3.05) is 0 Å². The van der Waals surface area contributed by atoms with Gasteiger partial charge in [-0.05, 0) is 54.0 Å². The van der Waals surface area contributed by atoms with Gasteiger partial charge in [-0.2, -0.15) is 4.68 Å². The average Bonchev–Trinajstić information content (AvgIpc) is 3.19. The second-order valence-electron chi connectivity index (χ2n) is 7.13. The van der Waals surface area contributed by atoms with Crippen LogP contribution in [0.2, 0.25) is 5.02 Å². The van der Waals surface area contributed by atoms with E-state index in [0.717, 1.165) is 42.8 Å². The lowest BCUT2D eigenvalue weighted by Crippen LogP contribution is -2.31. The number of hydrogen-bond acceptors (Lipinski definition) is 4. The van der Waals surface area contributed by atoms with Crippen LogP contribution < -0.4 is 0 Å². The maximum absolute atomic E-state index is 6.32. The zero-order valence-electron chi connectivity index (χ0n) is 15.3. The van der Waals surface area contributed by atoms with Gasteiger partial charge in [0, 0.05) is 16.8 Å². The lowest BCUT2D eigenvalue weighted by atomic mass is 9.81. The topological polar surface area (TPSA) is 56.0 Å². The Morgan fingerprint density at radius 2 is 1.89 bits per heavy atom. The van der Waals surface area contributed by atoms with Crippen LogP contribution in [0, 0.1) is 6.92 Å². The number of rotatable bonds is 4. The normalized spacial score (nSPS) is 16.7. The number of aryl methyl sites for hydroxylation is 1. The van der Waals surface area contributed by atoms with Gasteiger partial charge in [0.1, 0.15) is 5.54 Å². The van der Waals surface area contributed by atoms with Crippen molar-refractivity contribution < 1.29 is 0 Å². The Hall–Kier alpha value is -2.53. The van der Waals surface area contributed by atoms with Gasteiger partial charge < -0.3 is 0 Å². The molecule has 27 heavy (non-hydrogen) atoms. The molecule has 0 radical (unpaired) electrons. The molecule has 5 nitrogen and oxygen atoms in total. The maximum atomic E-state index is 6.32. The number of aromatic nitrogens is 4. The summed E-state index contributed by atoms with van der Waals surface area (Å²) in [7, 11) is 0. The molecule has 4 rings (SSSR count). The highest BCUT2D eigenvalue weighted by Crippen LogP contribution is 2.40. The second-order valence-corrected chi connectivity index (χ2v) is 7.53. The number of benzene rings is 2. The van der Waals surface area contributed by atoms with Crippen LogP contribution in [0.25, 0.3) is 5.69 Å². The van der Waals surface area contributed by atoms with Gasteiger partial charge in [-0.1, -0.05) is 61.2 Å². The Balaban J connectivity index is 1.78. The first-order chi connectivity index (χ1) is 13.2. The summed E-state index contributed by atoms with van der Waals surface area (Å²) >= 11 is 6.32. The lowest BCUT2D eigenvalue weighted by molar-refractivity contribution is 0.286. The molecule has 1 aromatic heterocycles. The summed E-state index contributed by atoms with van der Waals surface area (Å²) < 4.78 is 1.84. The smallest absolute Gasteiger partial charge is 0.184 e. The van der Waals surface area contributed by atoms with Crippen LogP contribution in [0.3, 0.4) is 0 Å². The number of halogens is 1. The Kier molecular flexibility index (Phi) is 5.03. The predicted octanol–water partition coefficient (Wildman–Crippen LogP) is 4.90. The van der Waals surface area contributed by atoms with E-state index in [1.54, 1.807) is 0 Å². The molecule has 0 amide bonds. The molecule has 0 bridgehead atoms. The monoisotopic (exact) mass is 379 g/mol. The van der Waals surface area contributed by atoms with Crippen molar-refractivity contribution in [3.8, 4) is 5.69 Å². The SMILES string of the molecule is Cc1cccc(-n2nnnc2C2(N=Cc3ccccc3Cl)CCCCC2)c1. The highest BCUT2D eigenvalue weighted by atomic mass is 35.5. The van der Waals surface area contributed by atoms with E-state index in [1.807, 2.05) is 47.3 Å². The van der Waals surface area contributed by atoms with Gasteiger partial charge in [-0.15, -0.1) is 5.10 Å². The predicted molar refractivity (Wildman–Crippen MR) is 108 cm³/mol. The van der Waals surface area contributed by atoms with E-state index in [-0.39, 0.29) is 0 Å². The molecule has 0 saturated heterocycles. The number of nitrogens with zero attached hydrogens (tertiary/aromatic N) is 5. The summed E-state index contributed by atoms with van der Waals surface area (Å²) in [6.45, 7) is 2.07. The second kappa shape index (κ2) is 7.61. The van der Waals surface area contributed by atoms with Gasteiger partial charge in [0.2, 0.25) is 0 Å². The third-order valence-corrected chi connectivity index (χ3v) is 5.51. The van der Waals surface area contributed by atoms with Crippen molar-refractivity contribution >= 4 is 17.8 Å². The van der Waals surface area contributed by atoms with E-state index < -0.39 is 5.54 Å². The van der Waals surface area contributed by atoms with Crippen LogP contribution in [0.5, 0.6) is 0 Å². The van der Waals surface area contributed by atoms with E-state index in [0.29, 0.717) is 5.02 Å². The lowest BCUT2D eigenvalue weighted by Gasteiger charge is -2.32. The zero-order valence-corrected chi connectivity index (χ0v) is 16.1. The number of aliphatic imine (C=N–C) groups is 1. The van der Waals surface area contributed by atoms with Crippen LogP contribution in [0.4, 0.5) is 0 Å². The summed E-state index contributed by atoms with van der Waals surface area (Å²) in [4.78, 5) is 5.02.